The molecule has 76 valence electrons. The minimum atomic E-state index is -1.07. The molecular weight excluding hydrogens is 289 g/mol. The Bertz CT molecular complexity index is 201. The van der Waals surface area contributed by atoms with Gasteiger partial charge in [0.25, 0.3) is 0 Å². The van der Waals surface area contributed by atoms with E-state index in [2.05, 4.69) is 4.99 Å². The van der Waals surface area contributed by atoms with Gasteiger partial charge in [0, 0.05) is 13.3 Å². The van der Waals surface area contributed by atoms with Crippen LogP contribution in [0.15, 0.2) is 4.99 Å². The first-order valence-electron chi connectivity index (χ1n) is 3.84. The average Bonchev–Trinajstić information content (AvgIpc) is 2.11. The largest absolute Gasteiger partial charge is 0.389 e. The summed E-state index contributed by atoms with van der Waals surface area (Å²) < 4.78 is 4.49. The molecule has 0 spiro atoms. The van der Waals surface area contributed by atoms with Gasteiger partial charge in [-0.1, -0.05) is 22.6 Å². The Balaban J connectivity index is 2.70. The van der Waals surface area contributed by atoms with Crippen molar-refractivity contribution in [3.63, 3.8) is 0 Å². The zero-order chi connectivity index (χ0) is 10.0. The molecule has 0 aromatic heterocycles. The maximum absolute atomic E-state index is 9.47. The summed E-state index contributed by atoms with van der Waals surface area (Å²) in [7, 11) is 1.53. The standard InChI is InChI=1S/C7H12INO4/c1-9-2-3-5(10)6(11)4(8)7(12)13-3/h2-7,10-12H,1H3/b9-2+/t3?,4-,5+,6?,7?/m1/s1. The van der Waals surface area contributed by atoms with E-state index >= 15 is 0 Å². The minimum Gasteiger partial charge on any atom is -0.389 e. The summed E-state index contributed by atoms with van der Waals surface area (Å²) in [4.78, 5) is 3.67. The van der Waals surface area contributed by atoms with Gasteiger partial charge in [-0.15, -0.1) is 0 Å². The molecule has 0 bridgehead atoms. The molecule has 5 atom stereocenters. The monoisotopic (exact) mass is 301 g/mol. The van der Waals surface area contributed by atoms with E-state index in [0.717, 1.165) is 0 Å². The van der Waals surface area contributed by atoms with E-state index in [9.17, 15) is 15.3 Å². The van der Waals surface area contributed by atoms with Gasteiger partial charge in [0.05, 0.1) is 10.0 Å². The second kappa shape index (κ2) is 4.65. The van der Waals surface area contributed by atoms with E-state index in [-0.39, 0.29) is 0 Å². The normalized spacial score (nSPS) is 47.0. The lowest BCUT2D eigenvalue weighted by Gasteiger charge is -2.36. The number of aliphatic hydroxyl groups is 3. The molecule has 0 radical (unpaired) electrons. The number of rotatable bonds is 1. The van der Waals surface area contributed by atoms with Crippen molar-refractivity contribution in [3.8, 4) is 0 Å². The highest BCUT2D eigenvalue weighted by Gasteiger charge is 2.41. The Hall–Kier alpha value is 0.240. The smallest absolute Gasteiger partial charge is 0.169 e. The van der Waals surface area contributed by atoms with Gasteiger partial charge in [0.15, 0.2) is 6.29 Å². The molecule has 0 amide bonds. The van der Waals surface area contributed by atoms with Crippen LogP contribution in [0.3, 0.4) is 0 Å². The Morgan fingerprint density at radius 3 is 2.46 bits per heavy atom. The summed E-state index contributed by atoms with van der Waals surface area (Å²) in [5.41, 5.74) is 0. The van der Waals surface area contributed by atoms with Gasteiger partial charge in [-0.3, -0.25) is 4.99 Å². The van der Waals surface area contributed by atoms with E-state index in [1.807, 2.05) is 22.6 Å². The Morgan fingerprint density at radius 2 is 1.92 bits per heavy atom. The van der Waals surface area contributed by atoms with Crippen LogP contribution >= 0.6 is 22.6 Å². The lowest BCUT2D eigenvalue weighted by atomic mass is 10.0. The molecule has 6 heteroatoms. The highest BCUT2D eigenvalue weighted by Crippen LogP contribution is 2.24. The van der Waals surface area contributed by atoms with Crippen molar-refractivity contribution in [2.75, 3.05) is 7.05 Å². The van der Waals surface area contributed by atoms with Crippen LogP contribution in [0.25, 0.3) is 0 Å². The first-order chi connectivity index (χ1) is 6.07. The maximum atomic E-state index is 9.47. The molecule has 0 aliphatic carbocycles. The van der Waals surface area contributed by atoms with Gasteiger partial charge in [0.2, 0.25) is 0 Å². The molecule has 5 nitrogen and oxygen atoms in total. The van der Waals surface area contributed by atoms with Crippen LogP contribution in [-0.4, -0.2) is 57.1 Å². The molecule has 1 aliphatic heterocycles. The molecular formula is C7H12INO4. The fourth-order valence-electron chi connectivity index (χ4n) is 1.14. The number of aliphatic hydroxyl groups excluding tert-OH is 3. The highest BCUT2D eigenvalue weighted by atomic mass is 127. The van der Waals surface area contributed by atoms with Gasteiger partial charge in [-0.2, -0.15) is 0 Å². The van der Waals surface area contributed by atoms with Gasteiger partial charge in [-0.25, -0.2) is 0 Å². The van der Waals surface area contributed by atoms with Crippen molar-refractivity contribution in [1.82, 2.24) is 0 Å². The molecule has 0 aromatic carbocycles. The third-order valence-corrected chi connectivity index (χ3v) is 3.23. The second-order valence-electron chi connectivity index (χ2n) is 2.82. The molecule has 1 rings (SSSR count). The third kappa shape index (κ3) is 2.38. The maximum Gasteiger partial charge on any atom is 0.169 e. The van der Waals surface area contributed by atoms with E-state index in [0.29, 0.717) is 0 Å². The van der Waals surface area contributed by atoms with Crippen molar-refractivity contribution in [1.29, 1.82) is 0 Å². The lowest BCUT2D eigenvalue weighted by molar-refractivity contribution is -0.202. The SMILES string of the molecule is C/N=C/C1OC(O)[C@H](I)C(O)[C@H]1O. The summed E-state index contributed by atoms with van der Waals surface area (Å²) in [5, 5.41) is 28.2. The molecule has 0 saturated carbocycles. The van der Waals surface area contributed by atoms with Crippen LogP contribution in [0, 0.1) is 0 Å². The number of halogens is 1. The minimum absolute atomic E-state index is 0.519. The van der Waals surface area contributed by atoms with Crippen molar-refractivity contribution in [3.05, 3.63) is 0 Å². The number of nitrogens with zero attached hydrogens (tertiary/aromatic N) is 1. The number of hydrogen-bond acceptors (Lipinski definition) is 5. The van der Waals surface area contributed by atoms with Gasteiger partial charge >= 0.3 is 0 Å². The van der Waals surface area contributed by atoms with Crippen molar-refractivity contribution in [2.45, 2.75) is 28.5 Å². The molecule has 3 N–H and O–H groups in total. The lowest BCUT2D eigenvalue weighted by Crippen LogP contribution is -2.55. The van der Waals surface area contributed by atoms with E-state index in [4.69, 9.17) is 4.74 Å². The first-order valence-corrected chi connectivity index (χ1v) is 5.08. The highest BCUT2D eigenvalue weighted by molar-refractivity contribution is 14.1. The Morgan fingerprint density at radius 1 is 1.31 bits per heavy atom. The molecule has 13 heavy (non-hydrogen) atoms. The number of hydrogen-bond donors (Lipinski definition) is 3. The average molecular weight is 301 g/mol. The van der Waals surface area contributed by atoms with Crippen LogP contribution in [0.1, 0.15) is 0 Å². The summed E-state index contributed by atoms with van der Waals surface area (Å²) >= 11 is 1.83. The van der Waals surface area contributed by atoms with E-state index < -0.39 is 28.5 Å². The first kappa shape index (κ1) is 11.3. The van der Waals surface area contributed by atoms with Gasteiger partial charge in [0.1, 0.15) is 12.2 Å². The van der Waals surface area contributed by atoms with Crippen LogP contribution in [0.4, 0.5) is 0 Å². The predicted molar refractivity (Wildman–Crippen MR) is 55.1 cm³/mol. The van der Waals surface area contributed by atoms with Crippen LogP contribution < -0.4 is 0 Å². The molecule has 0 aromatic rings. The van der Waals surface area contributed by atoms with Gasteiger partial charge in [-0.05, 0) is 0 Å². The van der Waals surface area contributed by atoms with Crippen molar-refractivity contribution < 1.29 is 20.1 Å². The summed E-state index contributed by atoms with van der Waals surface area (Å²) in [6.45, 7) is 0. The van der Waals surface area contributed by atoms with Crippen LogP contribution in [0.5, 0.6) is 0 Å². The topological polar surface area (TPSA) is 82.3 Å². The molecule has 1 fully saturated rings. The van der Waals surface area contributed by atoms with Gasteiger partial charge < -0.3 is 20.1 Å². The zero-order valence-corrected chi connectivity index (χ0v) is 9.20. The molecule has 3 unspecified atom stereocenters. The fourth-order valence-corrected chi connectivity index (χ4v) is 1.73. The summed E-state index contributed by atoms with van der Waals surface area (Å²) in [6.07, 6.45) is -2.47. The molecule has 1 heterocycles. The fraction of sp³-hybridized carbons (Fsp3) is 0.857. The van der Waals surface area contributed by atoms with Crippen molar-refractivity contribution in [2.24, 2.45) is 4.99 Å². The second-order valence-corrected chi connectivity index (χ2v) is 4.26. The summed E-state index contributed by atoms with van der Waals surface area (Å²) in [6, 6.07) is 0. The van der Waals surface area contributed by atoms with E-state index in [1.54, 1.807) is 0 Å². The van der Waals surface area contributed by atoms with Crippen LogP contribution in [0.2, 0.25) is 0 Å². The molecule has 1 aliphatic rings. The predicted octanol–water partition coefficient (Wildman–Crippen LogP) is -1.07. The number of alkyl halides is 1. The van der Waals surface area contributed by atoms with Crippen molar-refractivity contribution >= 4 is 28.8 Å². The Kier molecular flexibility index (Phi) is 4.05. The molecule has 1 saturated heterocycles. The number of aliphatic imine (C=N–C) groups is 1. The number of ether oxygens (including phenoxy) is 1. The summed E-state index contributed by atoms with van der Waals surface area (Å²) in [5.74, 6) is 0. The Labute approximate surface area is 89.6 Å². The van der Waals surface area contributed by atoms with Crippen LogP contribution in [-0.2, 0) is 4.74 Å². The zero-order valence-electron chi connectivity index (χ0n) is 7.04. The quantitative estimate of drug-likeness (QED) is 0.327. The third-order valence-electron chi connectivity index (χ3n) is 1.88. The van der Waals surface area contributed by atoms with E-state index in [1.165, 1.54) is 13.3 Å².